The number of hydrogen-bond donors (Lipinski definition) is 0. The molecule has 2 fully saturated rings. The van der Waals surface area contributed by atoms with Crippen molar-refractivity contribution in [2.75, 3.05) is 0 Å². The summed E-state index contributed by atoms with van der Waals surface area (Å²) < 4.78 is 60.8. The Kier molecular flexibility index (Phi) is 3.11. The molecule has 0 saturated carbocycles. The van der Waals surface area contributed by atoms with Crippen LogP contribution in [0.25, 0.3) is 0 Å². The second kappa shape index (κ2) is 4.06. The highest BCUT2D eigenvalue weighted by molar-refractivity contribution is 8.01. The van der Waals surface area contributed by atoms with Crippen LogP contribution in [-0.2, 0) is 19.6 Å². The first-order valence-corrected chi connectivity index (χ1v) is 7.26. The van der Waals surface area contributed by atoms with Crippen molar-refractivity contribution in [3.05, 3.63) is 0 Å². The van der Waals surface area contributed by atoms with Gasteiger partial charge in [-0.2, -0.15) is 20.5 Å². The predicted octanol–water partition coefficient (Wildman–Crippen LogP) is 0.704. The molecule has 2 aliphatic heterocycles. The summed E-state index contributed by atoms with van der Waals surface area (Å²) in [6.45, 7) is 0. The van der Waals surface area contributed by atoms with E-state index < -0.39 is 27.4 Å². The summed E-state index contributed by atoms with van der Waals surface area (Å²) in [5.41, 5.74) is 0. The lowest BCUT2D eigenvalue weighted by molar-refractivity contribution is -0.167. The van der Waals surface area contributed by atoms with E-state index in [0.717, 1.165) is 12.8 Å². The van der Waals surface area contributed by atoms with Crippen LogP contribution in [0, 0.1) is 0 Å². The van der Waals surface area contributed by atoms with E-state index in [1.807, 2.05) is 0 Å². The van der Waals surface area contributed by atoms with Crippen LogP contribution in [0.4, 0.5) is 8.78 Å². The van der Waals surface area contributed by atoms with Crippen molar-refractivity contribution < 1.29 is 31.3 Å². The number of ether oxygens (including phenoxy) is 1. The summed E-state index contributed by atoms with van der Waals surface area (Å²) in [4.78, 5) is 11.0. The van der Waals surface area contributed by atoms with Gasteiger partial charge in [-0.3, -0.25) is 0 Å². The maximum Gasteiger partial charge on any atom is 0.428 e. The molecule has 98 valence electrons. The van der Waals surface area contributed by atoms with E-state index in [1.54, 1.807) is 11.8 Å². The summed E-state index contributed by atoms with van der Waals surface area (Å²) in [5, 5.41) is -4.79. The van der Waals surface area contributed by atoms with Gasteiger partial charge in [-0.25, -0.2) is 13.2 Å². The molecule has 0 amide bonds. The number of esters is 1. The summed E-state index contributed by atoms with van der Waals surface area (Å²) in [6.07, 6.45) is 1.43. The van der Waals surface area contributed by atoms with E-state index in [9.17, 15) is 26.5 Å². The zero-order valence-electron chi connectivity index (χ0n) is 8.47. The molecule has 2 heterocycles. The molecule has 2 saturated heterocycles. The maximum atomic E-state index is 12.8. The topological polar surface area (TPSA) is 83.5 Å². The molecule has 0 aromatic heterocycles. The molecule has 17 heavy (non-hydrogen) atoms. The molecule has 0 aromatic rings. The molecule has 2 aliphatic rings. The highest BCUT2D eigenvalue weighted by atomic mass is 32.2. The van der Waals surface area contributed by atoms with Gasteiger partial charge in [0.2, 0.25) is 0 Å². The normalized spacial score (nSPS) is 32.8. The number of carbonyl (C=O) groups excluding carboxylic acids is 1. The molecular weight excluding hydrogens is 278 g/mol. The Morgan fingerprint density at radius 3 is 2.47 bits per heavy atom. The van der Waals surface area contributed by atoms with Crippen LogP contribution in [0.15, 0.2) is 0 Å². The van der Waals surface area contributed by atoms with Gasteiger partial charge in [-0.1, -0.05) is 0 Å². The minimum atomic E-state index is -6.02. The zero-order valence-corrected chi connectivity index (χ0v) is 10.1. The SMILES string of the molecule is O=C(OC1CC2CCC1S2)C(F)(F)S(=O)(=O)[O-]. The standard InChI is InChI=1S/C8H10F2O5S2/c9-8(10,17(12,13)14)7(11)15-5-3-4-1-2-6(5)16-4/h4-6H,1-3H2,(H,12,13,14)/p-1. The minimum Gasteiger partial charge on any atom is -0.743 e. The monoisotopic (exact) mass is 287 g/mol. The van der Waals surface area contributed by atoms with Gasteiger partial charge >= 0.3 is 11.2 Å². The summed E-state index contributed by atoms with van der Waals surface area (Å²) >= 11 is 1.55. The number of alkyl halides is 2. The fraction of sp³-hybridized carbons (Fsp3) is 0.875. The lowest BCUT2D eigenvalue weighted by Gasteiger charge is -2.24. The first-order valence-electron chi connectivity index (χ1n) is 4.91. The van der Waals surface area contributed by atoms with E-state index in [1.165, 1.54) is 0 Å². The van der Waals surface area contributed by atoms with Crippen molar-refractivity contribution in [1.82, 2.24) is 0 Å². The van der Waals surface area contributed by atoms with E-state index >= 15 is 0 Å². The number of hydrogen-bond acceptors (Lipinski definition) is 6. The van der Waals surface area contributed by atoms with Gasteiger partial charge in [0, 0.05) is 10.5 Å². The van der Waals surface area contributed by atoms with Crippen molar-refractivity contribution in [3.63, 3.8) is 0 Å². The number of carbonyl (C=O) groups is 1. The van der Waals surface area contributed by atoms with E-state index in [4.69, 9.17) is 0 Å². The van der Waals surface area contributed by atoms with Crippen LogP contribution in [0.5, 0.6) is 0 Å². The summed E-state index contributed by atoms with van der Waals surface area (Å²) in [5.74, 6) is -2.26. The van der Waals surface area contributed by atoms with E-state index in [-0.39, 0.29) is 10.5 Å². The Morgan fingerprint density at radius 1 is 1.41 bits per heavy atom. The van der Waals surface area contributed by atoms with Gasteiger partial charge in [-0.05, 0) is 19.3 Å². The molecule has 9 heteroatoms. The highest BCUT2D eigenvalue weighted by Crippen LogP contribution is 2.47. The largest absolute Gasteiger partial charge is 0.743 e. The van der Waals surface area contributed by atoms with Crippen molar-refractivity contribution >= 4 is 27.8 Å². The average Bonchev–Trinajstić information content (AvgIpc) is 2.76. The van der Waals surface area contributed by atoms with Gasteiger partial charge in [-0.15, -0.1) is 0 Å². The van der Waals surface area contributed by atoms with Gasteiger partial charge in [0.15, 0.2) is 10.1 Å². The second-order valence-electron chi connectivity index (χ2n) is 4.02. The Hall–Kier alpha value is -0.410. The lowest BCUT2D eigenvalue weighted by Crippen LogP contribution is -2.42. The Balaban J connectivity index is 2.03. The van der Waals surface area contributed by atoms with Gasteiger partial charge < -0.3 is 9.29 Å². The van der Waals surface area contributed by atoms with Gasteiger partial charge in [0.25, 0.3) is 0 Å². The molecule has 5 nitrogen and oxygen atoms in total. The first-order chi connectivity index (χ1) is 7.72. The van der Waals surface area contributed by atoms with Crippen LogP contribution >= 0.6 is 11.8 Å². The van der Waals surface area contributed by atoms with E-state index in [2.05, 4.69) is 4.74 Å². The smallest absolute Gasteiger partial charge is 0.428 e. The maximum absolute atomic E-state index is 12.8. The molecular formula is C8H9F2O5S2-. The molecule has 3 atom stereocenters. The zero-order chi connectivity index (χ0) is 12.8. The number of thioether (sulfide) groups is 1. The van der Waals surface area contributed by atoms with Gasteiger partial charge in [0.05, 0.1) is 0 Å². The summed E-state index contributed by atoms with van der Waals surface area (Å²) in [7, 11) is -6.02. The molecule has 0 spiro atoms. The molecule has 2 bridgehead atoms. The molecule has 0 N–H and O–H groups in total. The number of halogens is 2. The number of fused-ring (bicyclic) bond motifs is 2. The molecule has 0 radical (unpaired) electrons. The van der Waals surface area contributed by atoms with Crippen molar-refractivity contribution in [2.24, 2.45) is 0 Å². The van der Waals surface area contributed by atoms with Crippen LogP contribution in [0.1, 0.15) is 19.3 Å². The first kappa shape index (κ1) is 13.0. The third-order valence-corrected chi connectivity index (χ3v) is 5.36. The Labute approximate surface area is 101 Å². The van der Waals surface area contributed by atoms with Crippen LogP contribution in [0.2, 0.25) is 0 Å². The lowest BCUT2D eigenvalue weighted by atomic mass is 9.98. The number of rotatable bonds is 3. The third-order valence-electron chi connectivity index (χ3n) is 2.86. The fourth-order valence-corrected chi connectivity index (χ4v) is 3.96. The predicted molar refractivity (Wildman–Crippen MR) is 53.5 cm³/mol. The third kappa shape index (κ3) is 2.27. The average molecular weight is 287 g/mol. The molecule has 2 rings (SSSR count). The fourth-order valence-electron chi connectivity index (χ4n) is 2.02. The van der Waals surface area contributed by atoms with Crippen LogP contribution in [-0.4, -0.2) is 40.8 Å². The van der Waals surface area contributed by atoms with Crippen LogP contribution in [0.3, 0.4) is 0 Å². The quantitative estimate of drug-likeness (QED) is 0.561. The second-order valence-corrected chi connectivity index (χ2v) is 6.99. The van der Waals surface area contributed by atoms with Crippen molar-refractivity contribution in [2.45, 2.75) is 41.1 Å². The molecule has 3 unspecified atom stereocenters. The highest BCUT2D eigenvalue weighted by Gasteiger charge is 2.51. The van der Waals surface area contributed by atoms with Crippen molar-refractivity contribution in [3.8, 4) is 0 Å². The Bertz CT molecular complexity index is 435. The van der Waals surface area contributed by atoms with E-state index in [0.29, 0.717) is 6.42 Å². The molecule has 0 aromatic carbocycles. The summed E-state index contributed by atoms with van der Waals surface area (Å²) in [6, 6.07) is 0. The molecule has 0 aliphatic carbocycles. The van der Waals surface area contributed by atoms with Crippen LogP contribution < -0.4 is 0 Å². The van der Waals surface area contributed by atoms with Gasteiger partial charge in [0.1, 0.15) is 6.10 Å². The van der Waals surface area contributed by atoms with Crippen molar-refractivity contribution in [1.29, 1.82) is 0 Å². The Morgan fingerprint density at radius 2 is 2.06 bits per heavy atom. The minimum absolute atomic E-state index is 0.0610.